The van der Waals surface area contributed by atoms with E-state index >= 15 is 0 Å². The SMILES string of the molecule is Cc1c(CNC(=O)c2cccc([N+](=O)[O-])c2)cnn1C. The number of rotatable bonds is 4. The third-order valence-corrected chi connectivity index (χ3v) is 3.10. The van der Waals surface area contributed by atoms with Crippen molar-refractivity contribution in [3.63, 3.8) is 0 Å². The maximum atomic E-state index is 11.9. The van der Waals surface area contributed by atoms with E-state index in [4.69, 9.17) is 0 Å². The van der Waals surface area contributed by atoms with Crippen LogP contribution in [0.15, 0.2) is 30.5 Å². The third-order valence-electron chi connectivity index (χ3n) is 3.10. The van der Waals surface area contributed by atoms with Crippen LogP contribution in [0.25, 0.3) is 0 Å². The van der Waals surface area contributed by atoms with E-state index in [9.17, 15) is 14.9 Å². The van der Waals surface area contributed by atoms with Gasteiger partial charge in [-0.15, -0.1) is 0 Å². The van der Waals surface area contributed by atoms with Crippen LogP contribution in [0.1, 0.15) is 21.6 Å². The molecule has 0 aliphatic carbocycles. The Hall–Kier alpha value is -2.70. The summed E-state index contributed by atoms with van der Waals surface area (Å²) in [7, 11) is 1.82. The highest BCUT2D eigenvalue weighted by Crippen LogP contribution is 2.13. The Balaban J connectivity index is 2.07. The van der Waals surface area contributed by atoms with E-state index in [-0.39, 0.29) is 17.2 Å². The molecule has 0 aliphatic rings. The highest BCUT2D eigenvalue weighted by molar-refractivity contribution is 5.94. The number of carbonyl (C=O) groups excluding carboxylic acids is 1. The van der Waals surface area contributed by atoms with Gasteiger partial charge in [0.15, 0.2) is 0 Å². The normalized spacial score (nSPS) is 10.3. The molecule has 0 radical (unpaired) electrons. The fourth-order valence-electron chi connectivity index (χ4n) is 1.76. The van der Waals surface area contributed by atoms with Gasteiger partial charge >= 0.3 is 0 Å². The van der Waals surface area contributed by atoms with E-state index in [1.807, 2.05) is 14.0 Å². The first-order chi connectivity index (χ1) is 9.49. The van der Waals surface area contributed by atoms with E-state index in [1.54, 1.807) is 16.9 Å². The van der Waals surface area contributed by atoms with E-state index in [0.29, 0.717) is 6.54 Å². The zero-order chi connectivity index (χ0) is 14.7. The van der Waals surface area contributed by atoms with Crippen molar-refractivity contribution in [1.82, 2.24) is 15.1 Å². The van der Waals surface area contributed by atoms with Gasteiger partial charge in [0.1, 0.15) is 0 Å². The Morgan fingerprint density at radius 2 is 2.25 bits per heavy atom. The molecule has 0 spiro atoms. The number of hydrogen-bond acceptors (Lipinski definition) is 4. The van der Waals surface area contributed by atoms with Crippen molar-refractivity contribution in [2.75, 3.05) is 0 Å². The second-order valence-corrected chi connectivity index (χ2v) is 4.37. The maximum Gasteiger partial charge on any atom is 0.270 e. The smallest absolute Gasteiger partial charge is 0.270 e. The monoisotopic (exact) mass is 274 g/mol. The van der Waals surface area contributed by atoms with Crippen LogP contribution in [0, 0.1) is 17.0 Å². The van der Waals surface area contributed by atoms with E-state index in [1.165, 1.54) is 18.2 Å². The number of hydrogen-bond donors (Lipinski definition) is 1. The number of aromatic nitrogens is 2. The van der Waals surface area contributed by atoms with Crippen molar-refractivity contribution in [2.45, 2.75) is 13.5 Å². The predicted octanol–water partition coefficient (Wildman–Crippen LogP) is 1.57. The molecular formula is C13H14N4O3. The molecule has 0 saturated heterocycles. The number of carbonyl (C=O) groups is 1. The van der Waals surface area contributed by atoms with Crippen molar-refractivity contribution in [3.8, 4) is 0 Å². The van der Waals surface area contributed by atoms with E-state index in [2.05, 4.69) is 10.4 Å². The van der Waals surface area contributed by atoms with Gasteiger partial charge in [-0.2, -0.15) is 5.10 Å². The molecule has 7 nitrogen and oxygen atoms in total. The molecule has 1 aromatic carbocycles. The minimum atomic E-state index is -0.526. The van der Waals surface area contributed by atoms with Gasteiger partial charge in [0.25, 0.3) is 11.6 Å². The minimum Gasteiger partial charge on any atom is -0.348 e. The van der Waals surface area contributed by atoms with Crippen molar-refractivity contribution in [3.05, 3.63) is 57.4 Å². The quantitative estimate of drug-likeness (QED) is 0.676. The molecule has 1 aromatic heterocycles. The van der Waals surface area contributed by atoms with Crippen LogP contribution in [-0.4, -0.2) is 20.6 Å². The Morgan fingerprint density at radius 3 is 2.85 bits per heavy atom. The number of nitrogens with zero attached hydrogens (tertiary/aromatic N) is 3. The predicted molar refractivity (Wildman–Crippen MR) is 72.2 cm³/mol. The summed E-state index contributed by atoms with van der Waals surface area (Å²) in [6.45, 7) is 2.24. The van der Waals surface area contributed by atoms with Gasteiger partial charge in [-0.05, 0) is 13.0 Å². The summed E-state index contributed by atoms with van der Waals surface area (Å²) >= 11 is 0. The molecule has 20 heavy (non-hydrogen) atoms. The second-order valence-electron chi connectivity index (χ2n) is 4.37. The molecule has 0 unspecified atom stereocenters. The minimum absolute atomic E-state index is 0.102. The molecule has 0 fully saturated rings. The fraction of sp³-hybridized carbons (Fsp3) is 0.231. The van der Waals surface area contributed by atoms with Crippen LogP contribution in [-0.2, 0) is 13.6 Å². The maximum absolute atomic E-state index is 11.9. The number of nitro groups is 1. The Bertz CT molecular complexity index is 663. The topological polar surface area (TPSA) is 90.1 Å². The molecular weight excluding hydrogens is 260 g/mol. The lowest BCUT2D eigenvalue weighted by atomic mass is 10.2. The molecule has 2 rings (SSSR count). The summed E-state index contributed by atoms with van der Waals surface area (Å²) in [5.41, 5.74) is 2.03. The average molecular weight is 274 g/mol. The van der Waals surface area contributed by atoms with Crippen LogP contribution in [0.4, 0.5) is 5.69 Å². The van der Waals surface area contributed by atoms with Crippen molar-refractivity contribution in [2.24, 2.45) is 7.05 Å². The molecule has 104 valence electrons. The second kappa shape index (κ2) is 5.52. The molecule has 7 heteroatoms. The van der Waals surface area contributed by atoms with Gasteiger partial charge in [-0.3, -0.25) is 19.6 Å². The number of non-ortho nitro benzene ring substituents is 1. The molecule has 1 heterocycles. The van der Waals surface area contributed by atoms with Crippen LogP contribution >= 0.6 is 0 Å². The summed E-state index contributed by atoms with van der Waals surface area (Å²) < 4.78 is 1.72. The van der Waals surface area contributed by atoms with Gasteiger partial charge in [0, 0.05) is 42.5 Å². The van der Waals surface area contributed by atoms with Gasteiger partial charge in [-0.1, -0.05) is 6.07 Å². The van der Waals surface area contributed by atoms with E-state index < -0.39 is 4.92 Å². The highest BCUT2D eigenvalue weighted by atomic mass is 16.6. The molecule has 1 amide bonds. The molecule has 2 aromatic rings. The average Bonchev–Trinajstić information content (AvgIpc) is 2.76. The number of benzene rings is 1. The Labute approximate surface area is 115 Å². The van der Waals surface area contributed by atoms with E-state index in [0.717, 1.165) is 11.3 Å². The summed E-state index contributed by atoms with van der Waals surface area (Å²) in [6, 6.07) is 5.63. The van der Waals surface area contributed by atoms with Crippen LogP contribution in [0.5, 0.6) is 0 Å². The first-order valence-electron chi connectivity index (χ1n) is 5.99. The summed E-state index contributed by atoms with van der Waals surface area (Å²) in [5.74, 6) is -0.350. The number of amides is 1. The zero-order valence-corrected chi connectivity index (χ0v) is 11.2. The molecule has 0 atom stereocenters. The highest BCUT2D eigenvalue weighted by Gasteiger charge is 2.12. The van der Waals surface area contributed by atoms with Crippen molar-refractivity contribution in [1.29, 1.82) is 0 Å². The first-order valence-corrected chi connectivity index (χ1v) is 5.99. The lowest BCUT2D eigenvalue weighted by molar-refractivity contribution is -0.384. The van der Waals surface area contributed by atoms with Gasteiger partial charge < -0.3 is 5.32 Å². The van der Waals surface area contributed by atoms with Gasteiger partial charge in [-0.25, -0.2) is 0 Å². The zero-order valence-electron chi connectivity index (χ0n) is 11.2. The third kappa shape index (κ3) is 2.82. The fourth-order valence-corrected chi connectivity index (χ4v) is 1.76. The molecule has 1 N–H and O–H groups in total. The standard InChI is InChI=1S/C13H14N4O3/c1-9-11(8-15-16(9)2)7-14-13(18)10-4-3-5-12(6-10)17(19)20/h3-6,8H,7H2,1-2H3,(H,14,18). The number of aryl methyl sites for hydroxylation is 1. The van der Waals surface area contributed by atoms with Crippen molar-refractivity contribution >= 4 is 11.6 Å². The largest absolute Gasteiger partial charge is 0.348 e. The molecule has 0 aliphatic heterocycles. The Morgan fingerprint density at radius 1 is 1.50 bits per heavy atom. The lowest BCUT2D eigenvalue weighted by Gasteiger charge is -2.05. The van der Waals surface area contributed by atoms with Crippen LogP contribution < -0.4 is 5.32 Å². The number of nitro benzene ring substituents is 1. The summed E-state index contributed by atoms with van der Waals surface area (Å²) in [6.07, 6.45) is 1.68. The lowest BCUT2D eigenvalue weighted by Crippen LogP contribution is -2.23. The Kier molecular flexibility index (Phi) is 3.79. The van der Waals surface area contributed by atoms with Crippen molar-refractivity contribution < 1.29 is 9.72 Å². The molecule has 0 bridgehead atoms. The summed E-state index contributed by atoms with van der Waals surface area (Å²) in [4.78, 5) is 22.1. The molecule has 0 saturated carbocycles. The van der Waals surface area contributed by atoms with Crippen LogP contribution in [0.2, 0.25) is 0 Å². The van der Waals surface area contributed by atoms with Gasteiger partial charge in [0.2, 0.25) is 0 Å². The van der Waals surface area contributed by atoms with Crippen LogP contribution in [0.3, 0.4) is 0 Å². The first kappa shape index (κ1) is 13.7. The summed E-state index contributed by atoms with van der Waals surface area (Å²) in [5, 5.41) is 17.5. The van der Waals surface area contributed by atoms with Gasteiger partial charge in [0.05, 0.1) is 11.1 Å². The number of nitrogens with one attached hydrogen (secondary N) is 1.